The number of benzene rings is 1. The van der Waals surface area contributed by atoms with Crippen LogP contribution in [0, 0.1) is 0 Å². The lowest BCUT2D eigenvalue weighted by molar-refractivity contribution is -0.137. The van der Waals surface area contributed by atoms with Gasteiger partial charge in [-0.1, -0.05) is 18.6 Å². The maximum atomic E-state index is 12.9. The molecule has 0 amide bonds. The number of nitrogens with zero attached hydrogens (tertiary/aromatic N) is 2. The highest BCUT2D eigenvalue weighted by molar-refractivity contribution is 7.15. The van der Waals surface area contributed by atoms with E-state index in [0.29, 0.717) is 11.7 Å². The predicted molar refractivity (Wildman–Crippen MR) is 85.0 cm³/mol. The Morgan fingerprint density at radius 3 is 2.83 bits per heavy atom. The molecule has 2 heterocycles. The average Bonchev–Trinajstić information content (AvgIpc) is 2.92. The molecular weight excluding hydrogens is 323 g/mol. The highest BCUT2D eigenvalue weighted by atomic mass is 32.1. The molecule has 2 N–H and O–H groups in total. The van der Waals surface area contributed by atoms with Crippen molar-refractivity contribution in [2.24, 2.45) is 0 Å². The molecule has 0 aliphatic carbocycles. The van der Waals surface area contributed by atoms with Gasteiger partial charge in [-0.2, -0.15) is 13.2 Å². The second-order valence-electron chi connectivity index (χ2n) is 5.77. The second kappa shape index (κ2) is 6.49. The summed E-state index contributed by atoms with van der Waals surface area (Å²) in [6.07, 6.45) is 0.404. The largest absolute Gasteiger partial charge is 0.416 e. The van der Waals surface area contributed by atoms with E-state index in [9.17, 15) is 13.2 Å². The molecule has 1 aliphatic rings. The molecule has 2 aromatic rings. The zero-order chi connectivity index (χ0) is 16.4. The summed E-state index contributed by atoms with van der Waals surface area (Å²) in [6.45, 7) is 1.55. The van der Waals surface area contributed by atoms with Gasteiger partial charge in [-0.15, -0.1) is 11.3 Å². The Morgan fingerprint density at radius 2 is 2.13 bits per heavy atom. The Kier molecular flexibility index (Phi) is 4.59. The summed E-state index contributed by atoms with van der Waals surface area (Å²) in [4.78, 5) is 7.32. The maximum absolute atomic E-state index is 12.9. The van der Waals surface area contributed by atoms with E-state index in [1.165, 1.54) is 23.5 Å². The first-order valence-corrected chi connectivity index (χ1v) is 8.36. The standard InChI is InChI=1S/C16H18F3N3S/c17-16(18,19)12-5-3-4-11(8-12)14-6-1-2-7-22(14)10-13-9-21-15(20)23-13/h3-5,8-9,14H,1-2,6-7,10H2,(H2,20,21). The number of rotatable bonds is 3. The van der Waals surface area contributed by atoms with Crippen molar-refractivity contribution in [2.45, 2.75) is 38.0 Å². The first-order valence-electron chi connectivity index (χ1n) is 7.55. The van der Waals surface area contributed by atoms with Crippen molar-refractivity contribution < 1.29 is 13.2 Å². The number of piperidine rings is 1. The van der Waals surface area contributed by atoms with Gasteiger partial charge in [0.2, 0.25) is 0 Å². The van der Waals surface area contributed by atoms with Gasteiger partial charge in [0.25, 0.3) is 0 Å². The molecule has 1 atom stereocenters. The van der Waals surface area contributed by atoms with Gasteiger partial charge in [0.1, 0.15) is 0 Å². The van der Waals surface area contributed by atoms with Crippen LogP contribution in [0.2, 0.25) is 0 Å². The Morgan fingerprint density at radius 1 is 1.30 bits per heavy atom. The number of hydrogen-bond acceptors (Lipinski definition) is 4. The molecule has 1 aromatic carbocycles. The minimum atomic E-state index is -4.30. The SMILES string of the molecule is Nc1ncc(CN2CCCCC2c2cccc(C(F)(F)F)c2)s1. The highest BCUT2D eigenvalue weighted by Gasteiger charge is 2.32. The van der Waals surface area contributed by atoms with Crippen molar-refractivity contribution in [3.63, 3.8) is 0 Å². The monoisotopic (exact) mass is 341 g/mol. The van der Waals surface area contributed by atoms with Crippen LogP contribution in [0.5, 0.6) is 0 Å². The normalized spacial score (nSPS) is 19.9. The van der Waals surface area contributed by atoms with Crippen molar-refractivity contribution in [3.8, 4) is 0 Å². The van der Waals surface area contributed by atoms with Gasteiger partial charge in [0, 0.05) is 23.7 Å². The maximum Gasteiger partial charge on any atom is 0.416 e. The molecule has 124 valence electrons. The molecule has 1 saturated heterocycles. The quantitative estimate of drug-likeness (QED) is 0.895. The van der Waals surface area contributed by atoms with Crippen LogP contribution in [0.3, 0.4) is 0 Å². The number of hydrogen-bond donors (Lipinski definition) is 1. The number of alkyl halides is 3. The molecule has 0 bridgehead atoms. The summed E-state index contributed by atoms with van der Waals surface area (Å²) < 4.78 is 38.8. The van der Waals surface area contributed by atoms with Gasteiger partial charge in [0.05, 0.1) is 5.56 Å². The first kappa shape index (κ1) is 16.3. The number of anilines is 1. The minimum absolute atomic E-state index is 0.00868. The van der Waals surface area contributed by atoms with Crippen LogP contribution in [0.1, 0.15) is 41.3 Å². The van der Waals surface area contributed by atoms with Crippen LogP contribution in [0.15, 0.2) is 30.5 Å². The van der Waals surface area contributed by atoms with Gasteiger partial charge in [-0.05, 0) is 37.1 Å². The van der Waals surface area contributed by atoms with Crippen molar-refractivity contribution in [1.29, 1.82) is 0 Å². The number of nitrogen functional groups attached to an aromatic ring is 1. The molecule has 1 fully saturated rings. The molecule has 0 radical (unpaired) electrons. The zero-order valence-corrected chi connectivity index (χ0v) is 13.3. The van der Waals surface area contributed by atoms with Gasteiger partial charge in [-0.3, -0.25) is 4.90 Å². The van der Waals surface area contributed by atoms with E-state index >= 15 is 0 Å². The third-order valence-corrected chi connectivity index (χ3v) is 4.95. The third kappa shape index (κ3) is 3.84. The molecule has 3 rings (SSSR count). The Bertz CT molecular complexity index is 669. The Balaban J connectivity index is 1.83. The molecule has 23 heavy (non-hydrogen) atoms. The van der Waals surface area contributed by atoms with E-state index in [4.69, 9.17) is 5.73 Å². The van der Waals surface area contributed by atoms with Gasteiger partial charge < -0.3 is 5.73 Å². The molecule has 3 nitrogen and oxygen atoms in total. The van der Waals surface area contributed by atoms with Gasteiger partial charge in [-0.25, -0.2) is 4.98 Å². The number of thiazole rings is 1. The Hall–Kier alpha value is -1.60. The van der Waals surface area contributed by atoms with Gasteiger partial charge >= 0.3 is 6.18 Å². The summed E-state index contributed by atoms with van der Waals surface area (Å²) in [6, 6.07) is 5.70. The molecule has 1 aliphatic heterocycles. The molecular formula is C16H18F3N3S. The number of aromatic nitrogens is 1. The number of likely N-dealkylation sites (tertiary alicyclic amines) is 1. The average molecular weight is 341 g/mol. The van der Waals surface area contributed by atoms with Crippen LogP contribution in [0.4, 0.5) is 18.3 Å². The van der Waals surface area contributed by atoms with Gasteiger partial charge in [0.15, 0.2) is 5.13 Å². The van der Waals surface area contributed by atoms with E-state index in [-0.39, 0.29) is 6.04 Å². The summed E-state index contributed by atoms with van der Waals surface area (Å²) in [5, 5.41) is 0.521. The number of nitrogens with two attached hydrogens (primary N) is 1. The van der Waals surface area contributed by atoms with Crippen molar-refractivity contribution in [2.75, 3.05) is 12.3 Å². The van der Waals surface area contributed by atoms with Crippen LogP contribution in [-0.4, -0.2) is 16.4 Å². The lowest BCUT2D eigenvalue weighted by Crippen LogP contribution is -2.32. The van der Waals surface area contributed by atoms with Crippen molar-refractivity contribution in [1.82, 2.24) is 9.88 Å². The smallest absolute Gasteiger partial charge is 0.375 e. The fourth-order valence-corrected chi connectivity index (χ4v) is 3.79. The lowest BCUT2D eigenvalue weighted by Gasteiger charge is -2.36. The van der Waals surface area contributed by atoms with E-state index < -0.39 is 11.7 Å². The highest BCUT2D eigenvalue weighted by Crippen LogP contribution is 2.36. The van der Waals surface area contributed by atoms with Crippen molar-refractivity contribution >= 4 is 16.5 Å². The minimum Gasteiger partial charge on any atom is -0.375 e. The van der Waals surface area contributed by atoms with Crippen LogP contribution in [0.25, 0.3) is 0 Å². The molecule has 0 saturated carbocycles. The fraction of sp³-hybridized carbons (Fsp3) is 0.438. The molecule has 7 heteroatoms. The summed E-state index contributed by atoms with van der Waals surface area (Å²) in [5.74, 6) is 0. The predicted octanol–water partition coefficient (Wildman–Crippen LogP) is 4.47. The Labute approximate surface area is 136 Å². The van der Waals surface area contributed by atoms with E-state index in [1.807, 2.05) is 0 Å². The molecule has 1 aromatic heterocycles. The summed E-state index contributed by atoms with van der Waals surface area (Å²) >= 11 is 1.43. The van der Waals surface area contributed by atoms with Crippen LogP contribution < -0.4 is 5.73 Å². The summed E-state index contributed by atoms with van der Waals surface area (Å²) in [7, 11) is 0. The van der Waals surface area contributed by atoms with Crippen LogP contribution >= 0.6 is 11.3 Å². The van der Waals surface area contributed by atoms with Crippen LogP contribution in [-0.2, 0) is 12.7 Å². The fourth-order valence-electron chi connectivity index (χ4n) is 3.08. The van der Waals surface area contributed by atoms with E-state index in [1.54, 1.807) is 12.3 Å². The molecule has 0 spiro atoms. The third-order valence-electron chi connectivity index (χ3n) is 4.14. The molecule has 1 unspecified atom stereocenters. The second-order valence-corrected chi connectivity index (χ2v) is 6.92. The van der Waals surface area contributed by atoms with Crippen molar-refractivity contribution in [3.05, 3.63) is 46.5 Å². The topological polar surface area (TPSA) is 42.1 Å². The summed E-state index contributed by atoms with van der Waals surface area (Å²) in [5.41, 5.74) is 5.81. The van der Waals surface area contributed by atoms with E-state index in [0.717, 1.165) is 42.3 Å². The zero-order valence-electron chi connectivity index (χ0n) is 12.5. The lowest BCUT2D eigenvalue weighted by atomic mass is 9.94. The van der Waals surface area contributed by atoms with E-state index in [2.05, 4.69) is 9.88 Å². The number of halogens is 3. The first-order chi connectivity index (χ1) is 10.9.